The Labute approximate surface area is 146 Å². The molecular weight excluding hydrogens is 323 g/mol. The maximum atomic E-state index is 12.5. The minimum atomic E-state index is -0.425. The fourth-order valence-corrected chi connectivity index (χ4v) is 11.1. The van der Waals surface area contributed by atoms with E-state index >= 15 is 0 Å². The van der Waals surface area contributed by atoms with Gasteiger partial charge in [-0.05, 0) is 112 Å². The van der Waals surface area contributed by atoms with Crippen molar-refractivity contribution in [2.75, 3.05) is 0 Å². The Hall–Kier alpha value is 0.390. The Morgan fingerprint density at radius 2 is 1.13 bits per heavy atom. The molecule has 0 spiro atoms. The maximum absolute atomic E-state index is 12.5. The van der Waals surface area contributed by atoms with E-state index in [1.54, 1.807) is 0 Å². The summed E-state index contributed by atoms with van der Waals surface area (Å²) in [5, 5.41) is 0. The van der Waals surface area contributed by atoms with Crippen LogP contribution in [-0.2, 0) is 4.57 Å². The van der Waals surface area contributed by atoms with Gasteiger partial charge in [-0.3, -0.25) is 4.57 Å². The van der Waals surface area contributed by atoms with Gasteiger partial charge in [0.15, 0.2) is 8.46 Å². The number of alkyl halides is 1. The second-order valence-corrected chi connectivity index (χ2v) is 12.3. The Kier molecular flexibility index (Phi) is 2.77. The standard InChI is InChI=1S/C20H28ClOP/c21-20(23-22)17-5-15-4-16(6-17)11-19(20,10-15)18-7-12-1-13(8-18)3-14(2-12)9-18/h12-17H,1-11H2/t12?,13?,14?,15-,16-,17?,18?,19?,20+/m0/s1. The average Bonchev–Trinajstić information content (AvgIpc) is 2.50. The molecule has 8 aliphatic rings. The van der Waals surface area contributed by atoms with E-state index in [-0.39, 0.29) is 13.9 Å². The number of rotatable bonds is 2. The molecular formula is C20H28ClOP. The largest absolute Gasteiger partial charge is 0.273 e. The van der Waals surface area contributed by atoms with Crippen molar-refractivity contribution in [2.24, 2.45) is 46.3 Å². The maximum Gasteiger partial charge on any atom is 0.179 e. The van der Waals surface area contributed by atoms with Gasteiger partial charge in [0.1, 0.15) is 4.62 Å². The lowest BCUT2D eigenvalue weighted by Gasteiger charge is -2.73. The van der Waals surface area contributed by atoms with E-state index < -0.39 is 4.62 Å². The lowest BCUT2D eigenvalue weighted by Crippen LogP contribution is -2.68. The first-order valence-electron chi connectivity index (χ1n) is 10.1. The van der Waals surface area contributed by atoms with Crippen LogP contribution < -0.4 is 0 Å². The summed E-state index contributed by atoms with van der Waals surface area (Å²) in [6.45, 7) is 0. The van der Waals surface area contributed by atoms with Gasteiger partial charge >= 0.3 is 0 Å². The molecule has 0 amide bonds. The van der Waals surface area contributed by atoms with Crippen molar-refractivity contribution in [3.05, 3.63) is 0 Å². The van der Waals surface area contributed by atoms with Gasteiger partial charge in [-0.15, -0.1) is 11.6 Å². The predicted molar refractivity (Wildman–Crippen MR) is 92.8 cm³/mol. The van der Waals surface area contributed by atoms with Crippen LogP contribution in [0, 0.1) is 46.3 Å². The lowest BCUT2D eigenvalue weighted by atomic mass is 9.34. The van der Waals surface area contributed by atoms with Crippen molar-refractivity contribution in [1.29, 1.82) is 0 Å². The summed E-state index contributed by atoms with van der Waals surface area (Å²) in [6.07, 6.45) is 15.4. The topological polar surface area (TPSA) is 17.1 Å². The molecule has 0 aromatic rings. The monoisotopic (exact) mass is 350 g/mol. The summed E-state index contributed by atoms with van der Waals surface area (Å²) in [4.78, 5) is 0. The molecule has 1 nitrogen and oxygen atoms in total. The normalized spacial score (nSPS) is 65.6. The minimum Gasteiger partial charge on any atom is -0.273 e. The van der Waals surface area contributed by atoms with Crippen molar-refractivity contribution >= 4 is 20.1 Å². The first-order chi connectivity index (χ1) is 11.1. The number of hydrogen-bond acceptors (Lipinski definition) is 1. The molecule has 0 N–H and O–H groups in total. The highest BCUT2D eigenvalue weighted by Crippen LogP contribution is 2.80. The SMILES string of the molecule is O=P[C@]1(Cl)C2C[C@@H]3C[C@@H](C2)CC1(C12CC4CC(CC(C4)C1)C2)C3. The molecule has 23 heavy (non-hydrogen) atoms. The Bertz CT molecular complexity index is 525. The van der Waals surface area contributed by atoms with Crippen LogP contribution in [0.25, 0.3) is 0 Å². The summed E-state index contributed by atoms with van der Waals surface area (Å²) in [5.41, 5.74) is 0.659. The zero-order valence-corrected chi connectivity index (χ0v) is 15.6. The van der Waals surface area contributed by atoms with Gasteiger partial charge in [0.2, 0.25) is 0 Å². The number of halogens is 1. The van der Waals surface area contributed by atoms with E-state index in [9.17, 15) is 4.57 Å². The van der Waals surface area contributed by atoms with Crippen molar-refractivity contribution in [3.63, 3.8) is 0 Å². The molecule has 3 heteroatoms. The highest BCUT2D eigenvalue weighted by Gasteiger charge is 2.74. The third-order valence-electron chi connectivity index (χ3n) is 9.58. The molecule has 0 heterocycles. The lowest BCUT2D eigenvalue weighted by molar-refractivity contribution is -0.203. The first kappa shape index (κ1) is 14.5. The second-order valence-electron chi connectivity index (χ2n) is 10.6. The molecule has 8 fully saturated rings. The smallest absolute Gasteiger partial charge is 0.179 e. The van der Waals surface area contributed by atoms with Crippen LogP contribution in [0.5, 0.6) is 0 Å². The molecule has 0 unspecified atom stereocenters. The van der Waals surface area contributed by atoms with E-state index in [2.05, 4.69) is 0 Å². The van der Waals surface area contributed by atoms with Crippen LogP contribution in [0.3, 0.4) is 0 Å². The van der Waals surface area contributed by atoms with Gasteiger partial charge in [-0.1, -0.05) is 0 Å². The van der Waals surface area contributed by atoms with Crippen LogP contribution in [0.2, 0.25) is 0 Å². The van der Waals surface area contributed by atoms with Crippen LogP contribution >= 0.6 is 20.1 Å². The summed E-state index contributed by atoms with van der Waals surface area (Å²) in [7, 11) is 0.266. The highest BCUT2D eigenvalue weighted by atomic mass is 35.5. The van der Waals surface area contributed by atoms with Gasteiger partial charge in [-0.2, -0.15) is 0 Å². The van der Waals surface area contributed by atoms with Crippen LogP contribution in [0.15, 0.2) is 0 Å². The third-order valence-corrected chi connectivity index (χ3v) is 11.5. The highest BCUT2D eigenvalue weighted by molar-refractivity contribution is 7.29. The van der Waals surface area contributed by atoms with E-state index in [0.29, 0.717) is 11.3 Å². The fourth-order valence-electron chi connectivity index (χ4n) is 9.62. The molecule has 8 saturated carbocycles. The van der Waals surface area contributed by atoms with Crippen molar-refractivity contribution in [2.45, 2.75) is 75.2 Å². The third kappa shape index (κ3) is 1.60. The Morgan fingerprint density at radius 3 is 1.57 bits per heavy atom. The molecule has 8 rings (SSSR count). The van der Waals surface area contributed by atoms with Gasteiger partial charge in [-0.25, -0.2) is 0 Å². The van der Waals surface area contributed by atoms with Crippen LogP contribution in [0.4, 0.5) is 0 Å². The van der Waals surface area contributed by atoms with E-state index in [1.807, 2.05) is 0 Å². The quantitative estimate of drug-likeness (QED) is 0.424. The van der Waals surface area contributed by atoms with Gasteiger partial charge in [0.05, 0.1) is 0 Å². The van der Waals surface area contributed by atoms with Gasteiger partial charge in [0, 0.05) is 5.41 Å². The fraction of sp³-hybridized carbons (Fsp3) is 1.00. The van der Waals surface area contributed by atoms with Crippen LogP contribution in [-0.4, -0.2) is 4.62 Å². The summed E-state index contributed by atoms with van der Waals surface area (Å²) < 4.78 is 12.1. The zero-order valence-electron chi connectivity index (χ0n) is 14.0. The first-order valence-corrected chi connectivity index (χ1v) is 11.3. The summed E-state index contributed by atoms with van der Waals surface area (Å²) in [5.74, 6) is 5.24. The van der Waals surface area contributed by atoms with E-state index in [4.69, 9.17) is 11.6 Å². The Morgan fingerprint density at radius 1 is 0.696 bits per heavy atom. The summed E-state index contributed by atoms with van der Waals surface area (Å²) >= 11 is 7.38. The van der Waals surface area contributed by atoms with Crippen molar-refractivity contribution in [3.8, 4) is 0 Å². The summed E-state index contributed by atoms with van der Waals surface area (Å²) in [6, 6.07) is 0. The van der Waals surface area contributed by atoms with Gasteiger partial charge < -0.3 is 0 Å². The Balaban J connectivity index is 1.52. The minimum absolute atomic E-state index is 0.204. The zero-order chi connectivity index (χ0) is 15.4. The molecule has 0 aromatic carbocycles. The average molecular weight is 351 g/mol. The van der Waals surface area contributed by atoms with Crippen molar-refractivity contribution < 1.29 is 4.57 Å². The van der Waals surface area contributed by atoms with Crippen LogP contribution in [0.1, 0.15) is 70.6 Å². The molecule has 126 valence electrons. The van der Waals surface area contributed by atoms with Gasteiger partial charge in [0.25, 0.3) is 0 Å². The molecule has 0 aliphatic heterocycles. The molecule has 0 aromatic heterocycles. The van der Waals surface area contributed by atoms with E-state index in [1.165, 1.54) is 70.6 Å². The molecule has 0 radical (unpaired) electrons. The van der Waals surface area contributed by atoms with Crippen molar-refractivity contribution in [1.82, 2.24) is 0 Å². The second kappa shape index (κ2) is 4.37. The number of hydrogen-bond donors (Lipinski definition) is 0. The molecule has 8 aliphatic carbocycles. The van der Waals surface area contributed by atoms with E-state index in [0.717, 1.165) is 29.6 Å². The molecule has 3 atom stereocenters. The molecule has 0 saturated heterocycles. The predicted octanol–water partition coefficient (Wildman–Crippen LogP) is 6.26. The molecule has 8 bridgehead atoms.